The van der Waals surface area contributed by atoms with Crippen molar-refractivity contribution in [2.75, 3.05) is 11.1 Å². The SMILES string of the molecule is Cc1ccc(C)c(-c2csc(NC(=O)CCCSc3ccc(Cl)cc3)n2)c1. The molecule has 1 N–H and O–H groups in total. The van der Waals surface area contributed by atoms with Crippen LogP contribution in [-0.4, -0.2) is 16.6 Å². The van der Waals surface area contributed by atoms with E-state index in [9.17, 15) is 4.79 Å². The quantitative estimate of drug-likeness (QED) is 0.349. The summed E-state index contributed by atoms with van der Waals surface area (Å²) in [7, 11) is 0. The minimum atomic E-state index is 0.00794. The number of halogens is 1. The van der Waals surface area contributed by atoms with Gasteiger partial charge in [-0.05, 0) is 61.9 Å². The average Bonchev–Trinajstić information content (AvgIpc) is 3.10. The molecular formula is C21H21ClN2OS2. The smallest absolute Gasteiger partial charge is 0.226 e. The number of thiazole rings is 1. The molecule has 2 aromatic carbocycles. The fourth-order valence-corrected chi connectivity index (χ4v) is 4.31. The number of amides is 1. The van der Waals surface area contributed by atoms with Gasteiger partial charge in [0, 0.05) is 27.3 Å². The van der Waals surface area contributed by atoms with Gasteiger partial charge in [-0.15, -0.1) is 23.1 Å². The molecule has 1 heterocycles. The Labute approximate surface area is 173 Å². The monoisotopic (exact) mass is 416 g/mol. The van der Waals surface area contributed by atoms with Crippen LogP contribution in [0.1, 0.15) is 24.0 Å². The number of nitrogens with one attached hydrogen (secondary N) is 1. The maximum atomic E-state index is 12.2. The second-order valence-electron chi connectivity index (χ2n) is 6.31. The molecule has 1 amide bonds. The van der Waals surface area contributed by atoms with Gasteiger partial charge in [-0.3, -0.25) is 4.79 Å². The van der Waals surface area contributed by atoms with Crippen molar-refractivity contribution in [1.29, 1.82) is 0 Å². The van der Waals surface area contributed by atoms with E-state index < -0.39 is 0 Å². The van der Waals surface area contributed by atoms with Crippen LogP contribution in [0.15, 0.2) is 52.7 Å². The van der Waals surface area contributed by atoms with Crippen molar-refractivity contribution in [1.82, 2.24) is 4.98 Å². The van der Waals surface area contributed by atoms with Crippen molar-refractivity contribution in [2.45, 2.75) is 31.6 Å². The minimum Gasteiger partial charge on any atom is -0.302 e. The molecule has 3 rings (SSSR count). The van der Waals surface area contributed by atoms with Gasteiger partial charge in [0.05, 0.1) is 5.69 Å². The molecular weight excluding hydrogens is 396 g/mol. The van der Waals surface area contributed by atoms with E-state index in [4.69, 9.17) is 11.6 Å². The lowest BCUT2D eigenvalue weighted by molar-refractivity contribution is -0.116. The van der Waals surface area contributed by atoms with Crippen LogP contribution in [0.5, 0.6) is 0 Å². The molecule has 140 valence electrons. The van der Waals surface area contributed by atoms with Crippen LogP contribution in [0.2, 0.25) is 5.02 Å². The van der Waals surface area contributed by atoms with Crippen molar-refractivity contribution < 1.29 is 4.79 Å². The molecule has 6 heteroatoms. The molecule has 0 spiro atoms. The van der Waals surface area contributed by atoms with Gasteiger partial charge in [-0.1, -0.05) is 29.3 Å². The summed E-state index contributed by atoms with van der Waals surface area (Å²) in [5, 5.41) is 6.30. The number of hydrogen-bond acceptors (Lipinski definition) is 4. The third kappa shape index (κ3) is 5.83. The predicted molar refractivity (Wildman–Crippen MR) is 117 cm³/mol. The van der Waals surface area contributed by atoms with Crippen molar-refractivity contribution in [3.05, 3.63) is 64.0 Å². The summed E-state index contributed by atoms with van der Waals surface area (Å²) >= 11 is 9.08. The highest BCUT2D eigenvalue weighted by molar-refractivity contribution is 7.99. The van der Waals surface area contributed by atoms with Gasteiger partial charge in [-0.2, -0.15) is 0 Å². The van der Waals surface area contributed by atoms with E-state index in [0.717, 1.165) is 33.3 Å². The molecule has 0 radical (unpaired) electrons. The number of carbonyl (C=O) groups is 1. The van der Waals surface area contributed by atoms with Gasteiger partial charge in [-0.25, -0.2) is 4.98 Å². The number of aromatic nitrogens is 1. The Kier molecular flexibility index (Phi) is 6.94. The zero-order valence-corrected chi connectivity index (χ0v) is 17.7. The molecule has 1 aromatic heterocycles. The molecule has 0 saturated heterocycles. The van der Waals surface area contributed by atoms with Crippen molar-refractivity contribution in [2.24, 2.45) is 0 Å². The third-order valence-corrected chi connectivity index (χ3v) is 6.16. The van der Waals surface area contributed by atoms with Crippen LogP contribution < -0.4 is 5.32 Å². The van der Waals surface area contributed by atoms with Crippen LogP contribution in [0, 0.1) is 13.8 Å². The fourth-order valence-electron chi connectivity index (χ4n) is 2.60. The van der Waals surface area contributed by atoms with E-state index >= 15 is 0 Å². The van der Waals surface area contributed by atoms with Crippen LogP contribution in [-0.2, 0) is 4.79 Å². The molecule has 0 aliphatic heterocycles. The first kappa shape index (κ1) is 19.9. The Hall–Kier alpha value is -1.82. The number of thioether (sulfide) groups is 1. The number of benzene rings is 2. The summed E-state index contributed by atoms with van der Waals surface area (Å²) in [6, 6.07) is 14.1. The first-order chi connectivity index (χ1) is 13.0. The first-order valence-electron chi connectivity index (χ1n) is 8.72. The molecule has 0 aliphatic carbocycles. The topological polar surface area (TPSA) is 42.0 Å². The zero-order chi connectivity index (χ0) is 19.2. The van der Waals surface area contributed by atoms with Gasteiger partial charge in [0.2, 0.25) is 5.91 Å². The second kappa shape index (κ2) is 9.40. The standard InChI is InChI=1S/C21H21ClN2OS2/c1-14-5-6-15(2)18(12-14)19-13-27-21(23-19)24-20(25)4-3-11-26-17-9-7-16(22)8-10-17/h5-10,12-13H,3-4,11H2,1-2H3,(H,23,24,25). The predicted octanol–water partition coefficient (Wildman–Crippen LogP) is 6.59. The van der Waals surface area contributed by atoms with Gasteiger partial charge in [0.1, 0.15) is 0 Å². The molecule has 0 aliphatic rings. The Morgan fingerprint density at radius 1 is 1.19 bits per heavy atom. The molecule has 0 atom stereocenters. The second-order valence-corrected chi connectivity index (χ2v) is 8.77. The molecule has 3 nitrogen and oxygen atoms in total. The lowest BCUT2D eigenvalue weighted by atomic mass is 10.0. The van der Waals surface area contributed by atoms with E-state index in [1.165, 1.54) is 22.5 Å². The van der Waals surface area contributed by atoms with Crippen LogP contribution in [0.3, 0.4) is 0 Å². The van der Waals surface area contributed by atoms with Crippen molar-refractivity contribution in [3.8, 4) is 11.3 Å². The normalized spacial score (nSPS) is 10.8. The van der Waals surface area contributed by atoms with Crippen LogP contribution in [0.4, 0.5) is 5.13 Å². The Balaban J connectivity index is 1.48. The summed E-state index contributed by atoms with van der Waals surface area (Å²) in [6.07, 6.45) is 1.30. The van der Waals surface area contributed by atoms with E-state index in [-0.39, 0.29) is 5.91 Å². The first-order valence-corrected chi connectivity index (χ1v) is 11.0. The number of hydrogen-bond donors (Lipinski definition) is 1. The highest BCUT2D eigenvalue weighted by atomic mass is 35.5. The summed E-state index contributed by atoms with van der Waals surface area (Å²) < 4.78 is 0. The number of aryl methyl sites for hydroxylation is 2. The highest BCUT2D eigenvalue weighted by Gasteiger charge is 2.10. The lowest BCUT2D eigenvalue weighted by Crippen LogP contribution is -2.11. The van der Waals surface area contributed by atoms with E-state index in [0.29, 0.717) is 11.6 Å². The number of rotatable bonds is 7. The Morgan fingerprint density at radius 2 is 1.96 bits per heavy atom. The molecule has 0 fully saturated rings. The van der Waals surface area contributed by atoms with Crippen LogP contribution >= 0.6 is 34.7 Å². The maximum Gasteiger partial charge on any atom is 0.226 e. The molecule has 27 heavy (non-hydrogen) atoms. The van der Waals surface area contributed by atoms with Crippen molar-refractivity contribution in [3.63, 3.8) is 0 Å². The molecule has 0 saturated carbocycles. The fraction of sp³-hybridized carbons (Fsp3) is 0.238. The zero-order valence-electron chi connectivity index (χ0n) is 15.3. The Morgan fingerprint density at radius 3 is 2.74 bits per heavy atom. The average molecular weight is 417 g/mol. The number of anilines is 1. The number of carbonyl (C=O) groups excluding carboxylic acids is 1. The lowest BCUT2D eigenvalue weighted by Gasteiger charge is -2.04. The summed E-state index contributed by atoms with van der Waals surface area (Å²) in [5.41, 5.74) is 4.41. The largest absolute Gasteiger partial charge is 0.302 e. The molecule has 0 bridgehead atoms. The van der Waals surface area contributed by atoms with Gasteiger partial charge < -0.3 is 5.32 Å². The summed E-state index contributed by atoms with van der Waals surface area (Å²) in [4.78, 5) is 17.9. The van der Waals surface area contributed by atoms with Crippen LogP contribution in [0.25, 0.3) is 11.3 Å². The summed E-state index contributed by atoms with van der Waals surface area (Å²) in [6.45, 7) is 4.14. The maximum absolute atomic E-state index is 12.2. The molecule has 0 unspecified atom stereocenters. The minimum absolute atomic E-state index is 0.00794. The highest BCUT2D eigenvalue weighted by Crippen LogP contribution is 2.28. The Bertz CT molecular complexity index is 922. The third-order valence-electron chi connectivity index (χ3n) is 4.05. The van der Waals surface area contributed by atoms with E-state index in [1.54, 1.807) is 11.8 Å². The van der Waals surface area contributed by atoms with Gasteiger partial charge in [0.15, 0.2) is 5.13 Å². The molecule has 3 aromatic rings. The van der Waals surface area contributed by atoms with E-state index in [1.807, 2.05) is 29.6 Å². The van der Waals surface area contributed by atoms with E-state index in [2.05, 4.69) is 42.3 Å². The van der Waals surface area contributed by atoms with Gasteiger partial charge >= 0.3 is 0 Å². The summed E-state index contributed by atoms with van der Waals surface area (Å²) in [5.74, 6) is 0.897. The van der Waals surface area contributed by atoms with Gasteiger partial charge in [0.25, 0.3) is 0 Å². The van der Waals surface area contributed by atoms with Crippen molar-refractivity contribution >= 4 is 45.7 Å². The number of nitrogens with zero attached hydrogens (tertiary/aromatic N) is 1.